The van der Waals surface area contributed by atoms with E-state index in [9.17, 15) is 0 Å². The first-order valence-corrected chi connectivity index (χ1v) is 4.25. The van der Waals surface area contributed by atoms with E-state index in [0.29, 0.717) is 0 Å². The third-order valence-corrected chi connectivity index (χ3v) is 2.55. The van der Waals surface area contributed by atoms with Gasteiger partial charge < -0.3 is 5.32 Å². The van der Waals surface area contributed by atoms with Crippen LogP contribution in [0.2, 0.25) is 10.0 Å². The third-order valence-electron chi connectivity index (χ3n) is 1.88. The van der Waals surface area contributed by atoms with Crippen LogP contribution in [0.1, 0.15) is 5.56 Å². The Morgan fingerprint density at radius 3 is 2.64 bits per heavy atom. The first-order chi connectivity index (χ1) is 5.29. The van der Waals surface area contributed by atoms with Crippen LogP contribution in [-0.4, -0.2) is 6.54 Å². The van der Waals surface area contributed by atoms with Gasteiger partial charge in [-0.15, -0.1) is 0 Å². The summed E-state index contributed by atoms with van der Waals surface area (Å²) in [4.78, 5) is 0. The number of fused-ring (bicyclic) bond motifs is 1. The van der Waals surface area contributed by atoms with Gasteiger partial charge in [0.15, 0.2) is 0 Å². The van der Waals surface area contributed by atoms with E-state index >= 15 is 0 Å². The molecule has 0 saturated heterocycles. The number of anilines is 1. The molecule has 1 heterocycles. The first kappa shape index (κ1) is 7.26. The summed E-state index contributed by atoms with van der Waals surface area (Å²) < 4.78 is 0. The van der Waals surface area contributed by atoms with Gasteiger partial charge >= 0.3 is 0 Å². The SMILES string of the molecule is Clc1ccc(Cl)c2c1CCN2. The second kappa shape index (κ2) is 2.58. The van der Waals surface area contributed by atoms with Crippen molar-refractivity contribution in [2.24, 2.45) is 0 Å². The van der Waals surface area contributed by atoms with E-state index in [1.54, 1.807) is 0 Å². The van der Waals surface area contributed by atoms with Crippen molar-refractivity contribution in [2.75, 3.05) is 11.9 Å². The van der Waals surface area contributed by atoms with Gasteiger partial charge in [0.05, 0.1) is 10.7 Å². The van der Waals surface area contributed by atoms with Crippen LogP contribution < -0.4 is 5.32 Å². The van der Waals surface area contributed by atoms with Crippen LogP contribution >= 0.6 is 23.2 Å². The number of halogens is 2. The normalized spacial score (nSPS) is 14.4. The molecule has 11 heavy (non-hydrogen) atoms. The van der Waals surface area contributed by atoms with Crippen LogP contribution in [0.4, 0.5) is 5.69 Å². The molecule has 0 radical (unpaired) electrons. The Bertz CT molecular complexity index is 267. The Balaban J connectivity index is 2.64. The molecule has 0 amide bonds. The average Bonchev–Trinajstić information content (AvgIpc) is 2.45. The predicted molar refractivity (Wildman–Crippen MR) is 48.7 cm³/mol. The molecule has 2 rings (SSSR count). The topological polar surface area (TPSA) is 12.0 Å². The Labute approximate surface area is 75.3 Å². The highest BCUT2D eigenvalue weighted by molar-refractivity contribution is 6.36. The molecule has 58 valence electrons. The van der Waals surface area contributed by atoms with E-state index in [1.165, 1.54) is 0 Å². The molecule has 0 bridgehead atoms. The zero-order valence-electron chi connectivity index (χ0n) is 5.82. The minimum absolute atomic E-state index is 0.766. The van der Waals surface area contributed by atoms with Gasteiger partial charge in [0.1, 0.15) is 0 Å². The van der Waals surface area contributed by atoms with Crippen molar-refractivity contribution in [2.45, 2.75) is 6.42 Å². The lowest BCUT2D eigenvalue weighted by molar-refractivity contribution is 1.11. The minimum Gasteiger partial charge on any atom is -0.383 e. The lowest BCUT2D eigenvalue weighted by Gasteiger charge is -2.02. The maximum Gasteiger partial charge on any atom is 0.0641 e. The van der Waals surface area contributed by atoms with E-state index in [4.69, 9.17) is 23.2 Å². The van der Waals surface area contributed by atoms with Gasteiger partial charge in [-0.05, 0) is 24.1 Å². The van der Waals surface area contributed by atoms with E-state index in [0.717, 1.165) is 34.3 Å². The monoisotopic (exact) mass is 187 g/mol. The lowest BCUT2D eigenvalue weighted by Crippen LogP contribution is -1.91. The highest BCUT2D eigenvalue weighted by Crippen LogP contribution is 2.35. The Morgan fingerprint density at radius 1 is 1.18 bits per heavy atom. The second-order valence-electron chi connectivity index (χ2n) is 2.56. The summed E-state index contributed by atoms with van der Waals surface area (Å²) in [6.07, 6.45) is 0.981. The molecule has 0 unspecified atom stereocenters. The van der Waals surface area contributed by atoms with Gasteiger partial charge in [-0.25, -0.2) is 0 Å². The molecule has 0 atom stereocenters. The van der Waals surface area contributed by atoms with Crippen LogP contribution in [0.15, 0.2) is 12.1 Å². The molecule has 1 aliphatic rings. The Kier molecular flexibility index (Phi) is 1.70. The number of rotatable bonds is 0. The zero-order valence-corrected chi connectivity index (χ0v) is 7.34. The van der Waals surface area contributed by atoms with Crippen molar-refractivity contribution < 1.29 is 0 Å². The van der Waals surface area contributed by atoms with Crippen LogP contribution in [0.3, 0.4) is 0 Å². The quantitative estimate of drug-likeness (QED) is 0.659. The summed E-state index contributed by atoms with van der Waals surface area (Å²) in [5.41, 5.74) is 2.17. The maximum atomic E-state index is 5.94. The third kappa shape index (κ3) is 1.09. The predicted octanol–water partition coefficient (Wildman–Crippen LogP) is 2.96. The number of hydrogen-bond acceptors (Lipinski definition) is 1. The molecule has 0 fully saturated rings. The molecule has 1 aromatic carbocycles. The number of hydrogen-bond donors (Lipinski definition) is 1. The van der Waals surface area contributed by atoms with Gasteiger partial charge in [-0.1, -0.05) is 23.2 Å². The Hall–Kier alpha value is -0.400. The highest BCUT2D eigenvalue weighted by atomic mass is 35.5. The molecule has 0 aliphatic carbocycles. The van der Waals surface area contributed by atoms with Gasteiger partial charge in [-0.2, -0.15) is 0 Å². The van der Waals surface area contributed by atoms with E-state index in [1.807, 2.05) is 12.1 Å². The average molecular weight is 188 g/mol. The number of nitrogens with one attached hydrogen (secondary N) is 1. The van der Waals surface area contributed by atoms with Crippen molar-refractivity contribution in [3.8, 4) is 0 Å². The molecular formula is C8H7Cl2N. The fraction of sp³-hybridized carbons (Fsp3) is 0.250. The fourth-order valence-electron chi connectivity index (χ4n) is 1.34. The fourth-order valence-corrected chi connectivity index (χ4v) is 1.84. The summed E-state index contributed by atoms with van der Waals surface area (Å²) in [6, 6.07) is 3.66. The van der Waals surface area contributed by atoms with Crippen LogP contribution in [0, 0.1) is 0 Å². The van der Waals surface area contributed by atoms with Crippen molar-refractivity contribution in [3.63, 3.8) is 0 Å². The molecule has 1 N–H and O–H groups in total. The summed E-state index contributed by atoms with van der Waals surface area (Å²) >= 11 is 11.9. The smallest absolute Gasteiger partial charge is 0.0641 e. The summed E-state index contributed by atoms with van der Waals surface area (Å²) in [7, 11) is 0. The van der Waals surface area contributed by atoms with Crippen LogP contribution in [0.5, 0.6) is 0 Å². The van der Waals surface area contributed by atoms with Gasteiger partial charge in [0.25, 0.3) is 0 Å². The maximum absolute atomic E-state index is 5.94. The molecular weight excluding hydrogens is 181 g/mol. The summed E-state index contributed by atoms with van der Waals surface area (Å²) in [5.74, 6) is 0. The largest absolute Gasteiger partial charge is 0.383 e. The van der Waals surface area contributed by atoms with Crippen LogP contribution in [-0.2, 0) is 6.42 Å². The van der Waals surface area contributed by atoms with Crippen molar-refractivity contribution in [1.29, 1.82) is 0 Å². The standard InChI is InChI=1S/C8H7Cl2N/c9-6-1-2-7(10)8-5(6)3-4-11-8/h1-2,11H,3-4H2. The molecule has 0 spiro atoms. The summed E-state index contributed by atoms with van der Waals surface area (Å²) in [6.45, 7) is 0.943. The van der Waals surface area contributed by atoms with E-state index in [-0.39, 0.29) is 0 Å². The van der Waals surface area contributed by atoms with Crippen molar-refractivity contribution >= 4 is 28.9 Å². The number of benzene rings is 1. The van der Waals surface area contributed by atoms with Crippen molar-refractivity contribution in [1.82, 2.24) is 0 Å². The highest BCUT2D eigenvalue weighted by Gasteiger charge is 2.15. The zero-order chi connectivity index (χ0) is 7.84. The minimum atomic E-state index is 0.766. The van der Waals surface area contributed by atoms with Gasteiger partial charge in [0.2, 0.25) is 0 Å². The molecule has 1 aliphatic heterocycles. The summed E-state index contributed by atoms with van der Waals surface area (Å²) in [5, 5.41) is 4.77. The Morgan fingerprint density at radius 2 is 1.91 bits per heavy atom. The molecule has 3 heteroatoms. The van der Waals surface area contributed by atoms with Gasteiger partial charge in [-0.3, -0.25) is 0 Å². The van der Waals surface area contributed by atoms with Crippen LogP contribution in [0.25, 0.3) is 0 Å². The molecule has 0 aromatic heterocycles. The van der Waals surface area contributed by atoms with Gasteiger partial charge in [0, 0.05) is 11.6 Å². The molecule has 0 saturated carbocycles. The lowest BCUT2D eigenvalue weighted by atomic mass is 10.2. The van der Waals surface area contributed by atoms with E-state index in [2.05, 4.69) is 5.32 Å². The second-order valence-corrected chi connectivity index (χ2v) is 3.37. The van der Waals surface area contributed by atoms with Crippen molar-refractivity contribution in [3.05, 3.63) is 27.7 Å². The first-order valence-electron chi connectivity index (χ1n) is 3.50. The molecule has 1 aromatic rings. The van der Waals surface area contributed by atoms with E-state index < -0.39 is 0 Å². The molecule has 1 nitrogen and oxygen atoms in total.